The number of methoxy groups -OCH3 is 1. The Kier molecular flexibility index (Phi) is 7.82. The Morgan fingerprint density at radius 2 is 1.86 bits per heavy atom. The molecule has 1 fully saturated rings. The number of nitrogens with zero attached hydrogens (tertiary/aromatic N) is 2. The minimum Gasteiger partial charge on any atom is -0.495 e. The highest BCUT2D eigenvalue weighted by Gasteiger charge is 2.25. The highest BCUT2D eigenvalue weighted by molar-refractivity contribution is 7.89. The smallest absolute Gasteiger partial charge is 0.243 e. The summed E-state index contributed by atoms with van der Waals surface area (Å²) in [5.41, 5.74) is 0.343. The van der Waals surface area contributed by atoms with Crippen LogP contribution in [0.2, 0.25) is 0 Å². The van der Waals surface area contributed by atoms with Gasteiger partial charge < -0.3 is 14.8 Å². The zero-order valence-corrected chi connectivity index (χ0v) is 18.1. The molecule has 2 rings (SSSR count). The van der Waals surface area contributed by atoms with E-state index < -0.39 is 10.0 Å². The second kappa shape index (κ2) is 9.69. The summed E-state index contributed by atoms with van der Waals surface area (Å²) >= 11 is 0. The molecule has 0 spiro atoms. The van der Waals surface area contributed by atoms with Gasteiger partial charge in [-0.1, -0.05) is 13.8 Å². The van der Waals surface area contributed by atoms with Crippen LogP contribution in [0, 0.1) is 0 Å². The van der Waals surface area contributed by atoms with Crippen LogP contribution in [0.1, 0.15) is 27.7 Å². The summed E-state index contributed by atoms with van der Waals surface area (Å²) in [5, 5.41) is 2.80. The average Bonchev–Trinajstić information content (AvgIpc) is 2.61. The van der Waals surface area contributed by atoms with Crippen molar-refractivity contribution in [2.45, 2.75) is 44.8 Å². The number of amides is 1. The molecule has 0 aromatic heterocycles. The van der Waals surface area contributed by atoms with E-state index >= 15 is 0 Å². The van der Waals surface area contributed by atoms with Gasteiger partial charge in [-0.3, -0.25) is 9.69 Å². The van der Waals surface area contributed by atoms with Gasteiger partial charge in [-0.2, -0.15) is 4.31 Å². The molecule has 0 radical (unpaired) electrons. The number of carbonyl (C=O) groups excluding carboxylic acids is 1. The van der Waals surface area contributed by atoms with E-state index in [0.717, 1.165) is 0 Å². The molecule has 1 aliphatic rings. The van der Waals surface area contributed by atoms with E-state index in [4.69, 9.17) is 9.47 Å². The lowest BCUT2D eigenvalue weighted by Crippen LogP contribution is -2.48. The van der Waals surface area contributed by atoms with Crippen LogP contribution in [-0.4, -0.2) is 75.6 Å². The van der Waals surface area contributed by atoms with Crippen LogP contribution in [0.15, 0.2) is 23.1 Å². The molecule has 1 saturated heterocycles. The lowest BCUT2D eigenvalue weighted by molar-refractivity contribution is -0.121. The Labute approximate surface area is 167 Å². The molecule has 8 nitrogen and oxygen atoms in total. The third-order valence-corrected chi connectivity index (χ3v) is 6.70. The van der Waals surface area contributed by atoms with Crippen LogP contribution < -0.4 is 10.1 Å². The standard InChI is InChI=1S/C19H31N3O5S/c1-6-22(7-2)28(24,25)16-8-9-18(26-5)17(10-16)20-19(23)13-21-11-14(3)27-15(4)12-21/h8-10,14-15H,6-7,11-13H2,1-5H3,(H,20,23)/t14-,15+. The highest BCUT2D eigenvalue weighted by atomic mass is 32.2. The number of hydrogen-bond donors (Lipinski definition) is 1. The first kappa shape index (κ1) is 22.6. The number of nitrogens with one attached hydrogen (secondary N) is 1. The quantitative estimate of drug-likeness (QED) is 0.699. The molecule has 2 atom stereocenters. The normalized spacial score (nSPS) is 20.9. The van der Waals surface area contributed by atoms with Gasteiger partial charge in [-0.15, -0.1) is 0 Å². The lowest BCUT2D eigenvalue weighted by atomic mass is 10.2. The summed E-state index contributed by atoms with van der Waals surface area (Å²) in [5.74, 6) is 0.188. The molecular weight excluding hydrogens is 382 g/mol. The van der Waals surface area contributed by atoms with E-state index in [-0.39, 0.29) is 29.6 Å². The van der Waals surface area contributed by atoms with Gasteiger partial charge in [0, 0.05) is 26.2 Å². The predicted molar refractivity (Wildman–Crippen MR) is 108 cm³/mol. The summed E-state index contributed by atoms with van der Waals surface area (Å²) in [6.45, 7) is 9.83. The minimum absolute atomic E-state index is 0.0635. The van der Waals surface area contributed by atoms with Crippen molar-refractivity contribution in [1.82, 2.24) is 9.21 Å². The maximum atomic E-state index is 12.8. The van der Waals surface area contributed by atoms with Gasteiger partial charge in [0.1, 0.15) is 5.75 Å². The largest absolute Gasteiger partial charge is 0.495 e. The monoisotopic (exact) mass is 413 g/mol. The first-order valence-corrected chi connectivity index (χ1v) is 11.0. The molecule has 1 aromatic carbocycles. The third kappa shape index (κ3) is 5.44. The zero-order valence-electron chi connectivity index (χ0n) is 17.3. The Morgan fingerprint density at radius 1 is 1.25 bits per heavy atom. The summed E-state index contributed by atoms with van der Waals surface area (Å²) < 4.78 is 37.9. The van der Waals surface area contributed by atoms with Gasteiger partial charge in [-0.25, -0.2) is 8.42 Å². The van der Waals surface area contributed by atoms with Crippen molar-refractivity contribution in [2.24, 2.45) is 0 Å². The Hall–Kier alpha value is -1.68. The van der Waals surface area contributed by atoms with Crippen LogP contribution in [0.25, 0.3) is 0 Å². The molecule has 1 aromatic rings. The maximum absolute atomic E-state index is 12.8. The Morgan fingerprint density at radius 3 is 2.39 bits per heavy atom. The highest BCUT2D eigenvalue weighted by Crippen LogP contribution is 2.29. The van der Waals surface area contributed by atoms with E-state index in [1.54, 1.807) is 19.9 Å². The average molecular weight is 414 g/mol. The fraction of sp³-hybridized carbons (Fsp3) is 0.632. The van der Waals surface area contributed by atoms with Crippen LogP contribution in [0.5, 0.6) is 5.75 Å². The zero-order chi connectivity index (χ0) is 20.9. The number of benzene rings is 1. The molecule has 1 aliphatic heterocycles. The van der Waals surface area contributed by atoms with Gasteiger partial charge in [0.25, 0.3) is 0 Å². The second-order valence-electron chi connectivity index (χ2n) is 6.95. The van der Waals surface area contributed by atoms with Crippen molar-refractivity contribution in [3.63, 3.8) is 0 Å². The molecule has 1 heterocycles. The number of rotatable bonds is 8. The molecule has 0 unspecified atom stereocenters. The van der Waals surface area contributed by atoms with Crippen LogP contribution >= 0.6 is 0 Å². The maximum Gasteiger partial charge on any atom is 0.243 e. The fourth-order valence-corrected chi connectivity index (χ4v) is 4.95. The number of hydrogen-bond acceptors (Lipinski definition) is 6. The fourth-order valence-electron chi connectivity index (χ4n) is 3.46. The van der Waals surface area contributed by atoms with Gasteiger partial charge in [0.05, 0.1) is 36.4 Å². The third-order valence-electron chi connectivity index (χ3n) is 4.65. The van der Waals surface area contributed by atoms with Gasteiger partial charge in [0.2, 0.25) is 15.9 Å². The van der Waals surface area contributed by atoms with E-state index in [2.05, 4.69) is 5.32 Å². The molecule has 0 saturated carbocycles. The van der Waals surface area contributed by atoms with Crippen LogP contribution in [-0.2, 0) is 19.6 Å². The number of anilines is 1. The molecule has 0 bridgehead atoms. The van der Waals surface area contributed by atoms with Gasteiger partial charge in [0.15, 0.2) is 0 Å². The van der Waals surface area contributed by atoms with Crippen molar-refractivity contribution in [3.05, 3.63) is 18.2 Å². The summed E-state index contributed by atoms with van der Waals surface area (Å²) in [6, 6.07) is 4.51. The molecular formula is C19H31N3O5S. The van der Waals surface area contributed by atoms with Crippen molar-refractivity contribution in [3.8, 4) is 5.75 Å². The SMILES string of the molecule is CCN(CC)S(=O)(=O)c1ccc(OC)c(NC(=O)CN2C[C@@H](C)O[C@@H](C)C2)c1. The van der Waals surface area contributed by atoms with E-state index in [9.17, 15) is 13.2 Å². The van der Waals surface area contributed by atoms with Crippen molar-refractivity contribution < 1.29 is 22.7 Å². The van der Waals surface area contributed by atoms with Crippen molar-refractivity contribution in [2.75, 3.05) is 45.2 Å². The first-order valence-electron chi connectivity index (χ1n) is 9.57. The summed E-state index contributed by atoms with van der Waals surface area (Å²) in [6.07, 6.45) is 0.127. The van der Waals surface area contributed by atoms with E-state index in [0.29, 0.717) is 37.6 Å². The van der Waals surface area contributed by atoms with Crippen LogP contribution in [0.3, 0.4) is 0 Å². The van der Waals surface area contributed by atoms with Crippen LogP contribution in [0.4, 0.5) is 5.69 Å². The van der Waals surface area contributed by atoms with Crippen molar-refractivity contribution >= 4 is 21.6 Å². The number of sulfonamides is 1. The van der Waals surface area contributed by atoms with Gasteiger partial charge >= 0.3 is 0 Å². The van der Waals surface area contributed by atoms with E-state index in [1.165, 1.54) is 23.5 Å². The minimum atomic E-state index is -3.63. The molecule has 0 aliphatic carbocycles. The van der Waals surface area contributed by atoms with E-state index in [1.807, 2.05) is 18.7 Å². The molecule has 1 N–H and O–H groups in total. The number of carbonyl (C=O) groups is 1. The summed E-state index contributed by atoms with van der Waals surface area (Å²) in [7, 11) is -2.15. The Bertz CT molecular complexity index is 770. The Balaban J connectivity index is 2.19. The predicted octanol–water partition coefficient (Wildman–Crippen LogP) is 1.77. The van der Waals surface area contributed by atoms with Crippen molar-refractivity contribution in [1.29, 1.82) is 0 Å². The molecule has 28 heavy (non-hydrogen) atoms. The molecule has 9 heteroatoms. The molecule has 158 valence electrons. The lowest BCUT2D eigenvalue weighted by Gasteiger charge is -2.34. The summed E-state index contributed by atoms with van der Waals surface area (Å²) in [4.78, 5) is 14.7. The first-order chi connectivity index (χ1) is 13.2. The molecule has 1 amide bonds. The van der Waals surface area contributed by atoms with Gasteiger partial charge in [-0.05, 0) is 32.0 Å². The number of morpholine rings is 1. The number of ether oxygens (including phenoxy) is 2. The topological polar surface area (TPSA) is 88.2 Å². The second-order valence-corrected chi connectivity index (χ2v) is 8.89.